The lowest BCUT2D eigenvalue weighted by Crippen LogP contribution is -2.15. The van der Waals surface area contributed by atoms with Crippen molar-refractivity contribution in [1.82, 2.24) is 9.55 Å². The topological polar surface area (TPSA) is 58.7 Å². The van der Waals surface area contributed by atoms with Crippen LogP contribution in [0, 0.1) is 17.2 Å². The molecule has 0 spiro atoms. The van der Waals surface area contributed by atoms with E-state index in [1.54, 1.807) is 4.57 Å². The molecule has 0 atom stereocenters. The number of rotatable bonds is 3. The minimum atomic E-state index is -0.00561. The van der Waals surface area contributed by atoms with E-state index in [-0.39, 0.29) is 18.2 Å². The van der Waals surface area contributed by atoms with Crippen LogP contribution in [0.2, 0.25) is 0 Å². The summed E-state index contributed by atoms with van der Waals surface area (Å²) in [4.78, 5) is 15.1. The summed E-state index contributed by atoms with van der Waals surface area (Å²) in [7, 11) is 0. The third-order valence-corrected chi connectivity index (χ3v) is 1.80. The second kappa shape index (κ2) is 3.85. The maximum absolute atomic E-state index is 11.3. The first kappa shape index (κ1) is 9.46. The zero-order valence-corrected chi connectivity index (χ0v) is 7.69. The molecule has 0 amide bonds. The number of carbonyl (C=O) groups excluding carboxylic acids is 1. The Morgan fingerprint density at radius 2 is 2.46 bits per heavy atom. The van der Waals surface area contributed by atoms with Crippen molar-refractivity contribution in [1.29, 1.82) is 5.26 Å². The molecule has 68 valence electrons. The highest BCUT2D eigenvalue weighted by atomic mass is 16.1. The van der Waals surface area contributed by atoms with Gasteiger partial charge >= 0.3 is 0 Å². The van der Waals surface area contributed by atoms with Crippen LogP contribution in [0.1, 0.15) is 19.5 Å². The van der Waals surface area contributed by atoms with Crippen LogP contribution in [0.5, 0.6) is 0 Å². The van der Waals surface area contributed by atoms with Gasteiger partial charge in [0.15, 0.2) is 5.78 Å². The average molecular weight is 177 g/mol. The van der Waals surface area contributed by atoms with Gasteiger partial charge in [0.1, 0.15) is 11.8 Å². The Kier molecular flexibility index (Phi) is 2.80. The summed E-state index contributed by atoms with van der Waals surface area (Å²) in [6.45, 7) is 3.91. The minimum absolute atomic E-state index is 0.00561. The Bertz CT molecular complexity index is 346. The van der Waals surface area contributed by atoms with Crippen molar-refractivity contribution in [2.75, 3.05) is 0 Å². The Hall–Kier alpha value is -1.63. The van der Waals surface area contributed by atoms with Crippen LogP contribution in [0.3, 0.4) is 0 Å². The van der Waals surface area contributed by atoms with Gasteiger partial charge in [0.25, 0.3) is 0 Å². The minimum Gasteiger partial charge on any atom is -0.315 e. The molecule has 0 saturated carbocycles. The number of nitrogens with zero attached hydrogens (tertiary/aromatic N) is 3. The van der Waals surface area contributed by atoms with Gasteiger partial charge in [-0.2, -0.15) is 5.26 Å². The number of hydrogen-bond acceptors (Lipinski definition) is 3. The van der Waals surface area contributed by atoms with Gasteiger partial charge in [0.05, 0.1) is 19.1 Å². The van der Waals surface area contributed by atoms with Crippen LogP contribution >= 0.6 is 0 Å². The summed E-state index contributed by atoms with van der Waals surface area (Å²) in [6, 6.07) is 1.97. The molecule has 1 heterocycles. The first-order chi connectivity index (χ1) is 6.15. The van der Waals surface area contributed by atoms with Crippen molar-refractivity contribution in [3.8, 4) is 6.07 Å². The molecule has 0 saturated heterocycles. The first-order valence-electron chi connectivity index (χ1n) is 4.08. The molecule has 0 aliphatic rings. The smallest absolute Gasteiger partial charge is 0.155 e. The SMILES string of the molecule is CC(C)C(=O)Cn1cncc1C#N. The summed E-state index contributed by atoms with van der Waals surface area (Å²) < 4.78 is 1.56. The molecular weight excluding hydrogens is 166 g/mol. The van der Waals surface area contributed by atoms with E-state index in [2.05, 4.69) is 4.98 Å². The number of ketones is 1. The van der Waals surface area contributed by atoms with Crippen LogP contribution in [-0.4, -0.2) is 15.3 Å². The predicted octanol–water partition coefficient (Wildman–Crippen LogP) is 0.980. The Balaban J connectivity index is 2.76. The molecule has 0 aliphatic heterocycles. The third kappa shape index (κ3) is 2.15. The molecule has 0 aliphatic carbocycles. The van der Waals surface area contributed by atoms with Crippen LogP contribution in [0.25, 0.3) is 0 Å². The summed E-state index contributed by atoms with van der Waals surface area (Å²) in [5, 5.41) is 8.64. The van der Waals surface area contributed by atoms with Gasteiger partial charge in [0.2, 0.25) is 0 Å². The quantitative estimate of drug-likeness (QED) is 0.691. The van der Waals surface area contributed by atoms with E-state index in [0.717, 1.165) is 0 Å². The van der Waals surface area contributed by atoms with Gasteiger partial charge in [-0.15, -0.1) is 0 Å². The molecule has 0 fully saturated rings. The van der Waals surface area contributed by atoms with Crippen molar-refractivity contribution in [2.24, 2.45) is 5.92 Å². The van der Waals surface area contributed by atoms with Gasteiger partial charge < -0.3 is 4.57 Å². The fourth-order valence-electron chi connectivity index (χ4n) is 0.890. The first-order valence-corrected chi connectivity index (χ1v) is 4.08. The van der Waals surface area contributed by atoms with Crippen molar-refractivity contribution in [2.45, 2.75) is 20.4 Å². The Labute approximate surface area is 76.8 Å². The molecular formula is C9H11N3O. The average Bonchev–Trinajstić information content (AvgIpc) is 2.51. The molecule has 1 aromatic rings. The molecule has 4 heteroatoms. The summed E-state index contributed by atoms with van der Waals surface area (Å²) in [5.74, 6) is 0.100. The zero-order valence-electron chi connectivity index (χ0n) is 7.69. The van der Waals surface area contributed by atoms with E-state index in [0.29, 0.717) is 5.69 Å². The fourth-order valence-corrected chi connectivity index (χ4v) is 0.890. The van der Waals surface area contributed by atoms with Crippen molar-refractivity contribution < 1.29 is 4.79 Å². The molecule has 0 bridgehead atoms. The molecule has 0 aromatic carbocycles. The number of carbonyl (C=O) groups is 1. The van der Waals surface area contributed by atoms with Crippen LogP contribution in [-0.2, 0) is 11.3 Å². The highest BCUT2D eigenvalue weighted by Crippen LogP contribution is 2.01. The van der Waals surface area contributed by atoms with Crippen molar-refractivity contribution >= 4 is 5.78 Å². The molecule has 1 rings (SSSR count). The van der Waals surface area contributed by atoms with Gasteiger partial charge in [-0.25, -0.2) is 4.98 Å². The summed E-state index contributed by atoms with van der Waals surface area (Å²) >= 11 is 0. The van der Waals surface area contributed by atoms with Crippen LogP contribution < -0.4 is 0 Å². The standard InChI is InChI=1S/C9H11N3O/c1-7(2)9(13)5-12-6-11-4-8(12)3-10/h4,6-7H,5H2,1-2H3. The number of nitriles is 1. The van der Waals surface area contributed by atoms with E-state index in [1.807, 2.05) is 19.9 Å². The monoisotopic (exact) mass is 177 g/mol. The maximum Gasteiger partial charge on any atom is 0.155 e. The van der Waals surface area contributed by atoms with Crippen LogP contribution in [0.4, 0.5) is 0 Å². The normalized spacial score (nSPS) is 10.0. The lowest BCUT2D eigenvalue weighted by atomic mass is 10.1. The third-order valence-electron chi connectivity index (χ3n) is 1.80. The molecule has 1 aromatic heterocycles. The lowest BCUT2D eigenvalue weighted by Gasteiger charge is -2.04. The fraction of sp³-hybridized carbons (Fsp3) is 0.444. The van der Waals surface area contributed by atoms with Gasteiger partial charge in [-0.1, -0.05) is 13.8 Å². The maximum atomic E-state index is 11.3. The van der Waals surface area contributed by atoms with E-state index in [9.17, 15) is 4.79 Å². The van der Waals surface area contributed by atoms with Gasteiger partial charge in [-0.3, -0.25) is 4.79 Å². The summed E-state index contributed by atoms with van der Waals surface area (Å²) in [5.41, 5.74) is 0.425. The van der Waals surface area contributed by atoms with E-state index < -0.39 is 0 Å². The molecule has 0 radical (unpaired) electrons. The second-order valence-corrected chi connectivity index (χ2v) is 3.14. The number of aromatic nitrogens is 2. The molecule has 4 nitrogen and oxygen atoms in total. The van der Waals surface area contributed by atoms with Crippen molar-refractivity contribution in [3.63, 3.8) is 0 Å². The lowest BCUT2D eigenvalue weighted by molar-refractivity contribution is -0.122. The Morgan fingerprint density at radius 1 is 1.77 bits per heavy atom. The summed E-state index contributed by atoms with van der Waals surface area (Å²) in [6.07, 6.45) is 2.95. The zero-order chi connectivity index (χ0) is 9.84. The largest absolute Gasteiger partial charge is 0.315 e. The van der Waals surface area contributed by atoms with E-state index in [4.69, 9.17) is 5.26 Å². The second-order valence-electron chi connectivity index (χ2n) is 3.14. The van der Waals surface area contributed by atoms with Crippen LogP contribution in [0.15, 0.2) is 12.5 Å². The van der Waals surface area contributed by atoms with Gasteiger partial charge in [-0.05, 0) is 0 Å². The number of hydrogen-bond donors (Lipinski definition) is 0. The Morgan fingerprint density at radius 3 is 3.00 bits per heavy atom. The van der Waals surface area contributed by atoms with Crippen molar-refractivity contribution in [3.05, 3.63) is 18.2 Å². The van der Waals surface area contributed by atoms with Gasteiger partial charge in [0, 0.05) is 5.92 Å². The molecule has 0 unspecified atom stereocenters. The number of Topliss-reactive ketones (excluding diaryl/α,β-unsaturated/α-hetero) is 1. The number of imidazole rings is 1. The van der Waals surface area contributed by atoms with E-state index in [1.165, 1.54) is 12.5 Å². The predicted molar refractivity (Wildman–Crippen MR) is 46.8 cm³/mol. The molecule has 0 N–H and O–H groups in total. The van der Waals surface area contributed by atoms with E-state index >= 15 is 0 Å². The highest BCUT2D eigenvalue weighted by Gasteiger charge is 2.09. The molecule has 13 heavy (non-hydrogen) atoms. The highest BCUT2D eigenvalue weighted by molar-refractivity contribution is 5.80.